The van der Waals surface area contributed by atoms with E-state index >= 15 is 0 Å². The molecule has 8 heteroatoms. The number of aryl methyl sites for hydroxylation is 1. The van der Waals surface area contributed by atoms with Crippen molar-refractivity contribution in [1.82, 2.24) is 20.8 Å². The maximum atomic E-state index is 12.1. The first kappa shape index (κ1) is 14.4. The Labute approximate surface area is 116 Å². The number of rotatable bonds is 5. The summed E-state index contributed by atoms with van der Waals surface area (Å²) in [6, 6.07) is 0.0506. The van der Waals surface area contributed by atoms with Crippen LogP contribution in [0, 0.1) is 10.1 Å². The number of hydrogen-bond acceptors (Lipinski definition) is 5. The van der Waals surface area contributed by atoms with Crippen LogP contribution >= 0.6 is 0 Å². The van der Waals surface area contributed by atoms with E-state index in [1.165, 1.54) is 0 Å². The van der Waals surface area contributed by atoms with Gasteiger partial charge in [-0.1, -0.05) is 13.3 Å². The maximum Gasteiger partial charge on any atom is 0.322 e. The molecule has 1 aliphatic rings. The standard InChI is InChI=1S/C12H19N5O3/c1-2-3-9-11(17(19)20)10(16-15-9)12(18)14-8-4-6-13-7-5-8/h8,13H,2-7H2,1H3,(H,14,18)(H,15,16). The van der Waals surface area contributed by atoms with Gasteiger partial charge in [0.25, 0.3) is 5.91 Å². The van der Waals surface area contributed by atoms with Crippen LogP contribution in [0.3, 0.4) is 0 Å². The Bertz CT molecular complexity index is 493. The van der Waals surface area contributed by atoms with Crippen LogP contribution in [-0.4, -0.2) is 40.2 Å². The smallest absolute Gasteiger partial charge is 0.322 e. The van der Waals surface area contributed by atoms with Crippen LogP contribution in [0.15, 0.2) is 0 Å². The monoisotopic (exact) mass is 281 g/mol. The number of carbonyl (C=O) groups is 1. The molecule has 0 atom stereocenters. The summed E-state index contributed by atoms with van der Waals surface area (Å²) in [4.78, 5) is 22.7. The molecule has 2 rings (SSSR count). The lowest BCUT2D eigenvalue weighted by molar-refractivity contribution is -0.385. The fourth-order valence-corrected chi connectivity index (χ4v) is 2.37. The second kappa shape index (κ2) is 6.47. The molecule has 0 bridgehead atoms. The third kappa shape index (κ3) is 3.13. The van der Waals surface area contributed by atoms with E-state index in [1.54, 1.807) is 0 Å². The number of nitrogens with one attached hydrogen (secondary N) is 3. The lowest BCUT2D eigenvalue weighted by atomic mass is 10.1. The van der Waals surface area contributed by atoms with Gasteiger partial charge >= 0.3 is 5.69 Å². The van der Waals surface area contributed by atoms with Crippen LogP contribution < -0.4 is 10.6 Å². The van der Waals surface area contributed by atoms with E-state index in [4.69, 9.17) is 0 Å². The minimum atomic E-state index is -0.536. The summed E-state index contributed by atoms with van der Waals surface area (Å²) < 4.78 is 0. The highest BCUT2D eigenvalue weighted by Gasteiger charge is 2.29. The van der Waals surface area contributed by atoms with Crippen molar-refractivity contribution >= 4 is 11.6 Å². The molecule has 20 heavy (non-hydrogen) atoms. The average molecular weight is 281 g/mol. The number of amides is 1. The minimum absolute atomic E-state index is 0.0506. The number of aromatic amines is 1. The molecule has 8 nitrogen and oxygen atoms in total. The van der Waals surface area contributed by atoms with Crippen molar-refractivity contribution in [3.05, 3.63) is 21.5 Å². The van der Waals surface area contributed by atoms with E-state index in [2.05, 4.69) is 20.8 Å². The highest BCUT2D eigenvalue weighted by Crippen LogP contribution is 2.22. The second-order valence-electron chi connectivity index (χ2n) is 4.90. The Hall–Kier alpha value is -1.96. The van der Waals surface area contributed by atoms with Crippen LogP contribution in [0.5, 0.6) is 0 Å². The number of nitrogens with zero attached hydrogens (tertiary/aromatic N) is 2. The third-order valence-corrected chi connectivity index (χ3v) is 3.38. The molecular weight excluding hydrogens is 262 g/mol. The molecule has 1 aliphatic heterocycles. The number of piperidine rings is 1. The first-order valence-corrected chi connectivity index (χ1v) is 6.86. The molecule has 0 spiro atoms. The fourth-order valence-electron chi connectivity index (χ4n) is 2.37. The Morgan fingerprint density at radius 1 is 1.50 bits per heavy atom. The lowest BCUT2D eigenvalue weighted by Gasteiger charge is -2.23. The summed E-state index contributed by atoms with van der Waals surface area (Å²) in [5.41, 5.74) is 0.100. The van der Waals surface area contributed by atoms with Crippen LogP contribution in [0.4, 0.5) is 5.69 Å². The lowest BCUT2D eigenvalue weighted by Crippen LogP contribution is -2.42. The van der Waals surface area contributed by atoms with Crippen LogP contribution in [-0.2, 0) is 6.42 Å². The summed E-state index contributed by atoms with van der Waals surface area (Å²) >= 11 is 0. The topological polar surface area (TPSA) is 113 Å². The zero-order chi connectivity index (χ0) is 14.5. The molecule has 3 N–H and O–H groups in total. The molecule has 110 valence electrons. The minimum Gasteiger partial charge on any atom is -0.348 e. The number of H-pyrrole nitrogens is 1. The zero-order valence-corrected chi connectivity index (χ0v) is 11.4. The molecule has 1 fully saturated rings. The summed E-state index contributed by atoms with van der Waals surface area (Å²) in [6.45, 7) is 3.60. The quantitative estimate of drug-likeness (QED) is 0.544. The van der Waals surface area contributed by atoms with Crippen molar-refractivity contribution < 1.29 is 9.72 Å². The molecule has 1 saturated heterocycles. The van der Waals surface area contributed by atoms with E-state index in [0.29, 0.717) is 12.1 Å². The first-order valence-electron chi connectivity index (χ1n) is 6.86. The third-order valence-electron chi connectivity index (χ3n) is 3.38. The molecular formula is C12H19N5O3. The molecule has 0 unspecified atom stereocenters. The number of nitro groups is 1. The molecule has 0 radical (unpaired) electrons. The van der Waals surface area contributed by atoms with E-state index in [1.807, 2.05) is 6.92 Å². The van der Waals surface area contributed by atoms with E-state index < -0.39 is 10.8 Å². The largest absolute Gasteiger partial charge is 0.348 e. The van der Waals surface area contributed by atoms with Crippen LogP contribution in [0.2, 0.25) is 0 Å². The van der Waals surface area contributed by atoms with Gasteiger partial charge in [0.2, 0.25) is 5.69 Å². The number of carbonyl (C=O) groups excluding carboxylic acids is 1. The van der Waals surface area contributed by atoms with Gasteiger partial charge in [-0.3, -0.25) is 20.0 Å². The van der Waals surface area contributed by atoms with Crippen molar-refractivity contribution in [2.75, 3.05) is 13.1 Å². The predicted molar refractivity (Wildman–Crippen MR) is 72.6 cm³/mol. The fraction of sp³-hybridized carbons (Fsp3) is 0.667. The first-order chi connectivity index (χ1) is 9.63. The average Bonchev–Trinajstić information content (AvgIpc) is 2.84. The Balaban J connectivity index is 2.14. The summed E-state index contributed by atoms with van der Waals surface area (Å²) in [7, 11) is 0. The van der Waals surface area contributed by atoms with E-state index in [-0.39, 0.29) is 17.4 Å². The van der Waals surface area contributed by atoms with Crippen molar-refractivity contribution in [2.24, 2.45) is 0 Å². The highest BCUT2D eigenvalue weighted by atomic mass is 16.6. The number of hydrogen-bond donors (Lipinski definition) is 3. The van der Waals surface area contributed by atoms with Crippen LogP contribution in [0.25, 0.3) is 0 Å². The van der Waals surface area contributed by atoms with Gasteiger partial charge in [0.15, 0.2) is 0 Å². The molecule has 1 aromatic heterocycles. The molecule has 0 aromatic carbocycles. The van der Waals surface area contributed by atoms with Crippen molar-refractivity contribution in [3.63, 3.8) is 0 Å². The summed E-state index contributed by atoms with van der Waals surface area (Å²) in [5.74, 6) is -0.470. The Kier molecular flexibility index (Phi) is 4.67. The van der Waals surface area contributed by atoms with Crippen molar-refractivity contribution in [2.45, 2.75) is 38.6 Å². The van der Waals surface area contributed by atoms with Crippen molar-refractivity contribution in [1.29, 1.82) is 0 Å². The predicted octanol–water partition coefficient (Wildman–Crippen LogP) is 0.752. The van der Waals surface area contributed by atoms with Gasteiger partial charge in [-0.15, -0.1) is 0 Å². The normalized spacial score (nSPS) is 16.1. The molecule has 2 heterocycles. The van der Waals surface area contributed by atoms with Crippen molar-refractivity contribution in [3.8, 4) is 0 Å². The number of aromatic nitrogens is 2. The molecule has 1 amide bonds. The van der Waals surface area contributed by atoms with Crippen LogP contribution in [0.1, 0.15) is 42.4 Å². The van der Waals surface area contributed by atoms with Gasteiger partial charge in [0.05, 0.1) is 4.92 Å². The Morgan fingerprint density at radius 3 is 2.80 bits per heavy atom. The SMILES string of the molecule is CCCc1[nH]nc(C(=O)NC2CCNCC2)c1[N+](=O)[O-]. The van der Waals surface area contributed by atoms with Gasteiger partial charge in [0, 0.05) is 6.04 Å². The summed E-state index contributed by atoms with van der Waals surface area (Å²) in [6.07, 6.45) is 2.90. The van der Waals surface area contributed by atoms with Gasteiger partial charge < -0.3 is 10.6 Å². The Morgan fingerprint density at radius 2 is 2.20 bits per heavy atom. The maximum absolute atomic E-state index is 12.1. The van der Waals surface area contributed by atoms with Gasteiger partial charge in [-0.05, 0) is 32.4 Å². The molecule has 1 aromatic rings. The van der Waals surface area contributed by atoms with Gasteiger partial charge in [0.1, 0.15) is 5.69 Å². The van der Waals surface area contributed by atoms with Gasteiger partial charge in [-0.2, -0.15) is 5.10 Å². The second-order valence-corrected chi connectivity index (χ2v) is 4.90. The molecule has 0 aliphatic carbocycles. The van der Waals surface area contributed by atoms with E-state index in [9.17, 15) is 14.9 Å². The van der Waals surface area contributed by atoms with E-state index in [0.717, 1.165) is 32.4 Å². The highest BCUT2D eigenvalue weighted by molar-refractivity contribution is 5.96. The summed E-state index contributed by atoms with van der Waals surface area (Å²) in [5, 5.41) is 23.6. The molecule has 0 saturated carbocycles. The van der Waals surface area contributed by atoms with Gasteiger partial charge in [-0.25, -0.2) is 0 Å². The zero-order valence-electron chi connectivity index (χ0n) is 11.4.